The van der Waals surface area contributed by atoms with Crippen LogP contribution in [0.2, 0.25) is 0 Å². The van der Waals surface area contributed by atoms with E-state index in [1.54, 1.807) is 0 Å². The van der Waals surface area contributed by atoms with Crippen molar-refractivity contribution in [3.63, 3.8) is 0 Å². The fourth-order valence-electron chi connectivity index (χ4n) is 1.91. The minimum atomic E-state index is -0.198. The number of carbonyl (C=O) groups excluding carboxylic acids is 1. The quantitative estimate of drug-likeness (QED) is 0.843. The summed E-state index contributed by atoms with van der Waals surface area (Å²) < 4.78 is 6.49. The number of hydrogen-bond acceptors (Lipinski definition) is 3. The number of halogens is 1. The molecule has 110 valence electrons. The summed E-state index contributed by atoms with van der Waals surface area (Å²) in [5.74, 6) is 0.503. The normalized spacial score (nSPS) is 10.2. The van der Waals surface area contributed by atoms with Crippen molar-refractivity contribution in [1.82, 2.24) is 0 Å². The van der Waals surface area contributed by atoms with Crippen molar-refractivity contribution >= 4 is 27.5 Å². The lowest BCUT2D eigenvalue weighted by atomic mass is 10.1. The molecular formula is C16H17BrN2O2. The molecule has 0 aliphatic heterocycles. The summed E-state index contributed by atoms with van der Waals surface area (Å²) >= 11 is 3.36. The molecule has 0 atom stereocenters. The van der Waals surface area contributed by atoms with Crippen molar-refractivity contribution in [2.75, 3.05) is 18.5 Å². The van der Waals surface area contributed by atoms with Crippen LogP contribution < -0.4 is 15.8 Å². The summed E-state index contributed by atoms with van der Waals surface area (Å²) in [6.07, 6.45) is 0.726. The van der Waals surface area contributed by atoms with Gasteiger partial charge in [-0.3, -0.25) is 4.79 Å². The number of para-hydroxylation sites is 1. The summed E-state index contributed by atoms with van der Waals surface area (Å²) in [5.41, 5.74) is 7.30. The van der Waals surface area contributed by atoms with Gasteiger partial charge in [-0.2, -0.15) is 0 Å². The molecule has 0 aliphatic carbocycles. The van der Waals surface area contributed by atoms with Crippen LogP contribution in [0.3, 0.4) is 0 Å². The van der Waals surface area contributed by atoms with Gasteiger partial charge in [-0.05, 0) is 42.8 Å². The average molecular weight is 349 g/mol. The predicted molar refractivity (Wildman–Crippen MR) is 87.5 cm³/mol. The molecule has 0 heterocycles. The topological polar surface area (TPSA) is 64.3 Å². The number of anilines is 1. The molecule has 4 nitrogen and oxygen atoms in total. The molecule has 21 heavy (non-hydrogen) atoms. The van der Waals surface area contributed by atoms with Gasteiger partial charge in [-0.1, -0.05) is 40.2 Å². The van der Waals surface area contributed by atoms with E-state index in [9.17, 15) is 4.79 Å². The number of amides is 1. The lowest BCUT2D eigenvalue weighted by Crippen LogP contribution is -2.20. The lowest BCUT2D eigenvalue weighted by Gasteiger charge is -2.11. The van der Waals surface area contributed by atoms with E-state index in [1.807, 2.05) is 48.5 Å². The van der Waals surface area contributed by atoms with Crippen LogP contribution in [0, 0.1) is 0 Å². The van der Waals surface area contributed by atoms with Gasteiger partial charge in [0.25, 0.3) is 5.91 Å². The summed E-state index contributed by atoms with van der Waals surface area (Å²) in [7, 11) is 0. The molecule has 0 fully saturated rings. The van der Waals surface area contributed by atoms with E-state index < -0.39 is 0 Å². The fraction of sp³-hybridized carbons (Fsp3) is 0.188. The van der Waals surface area contributed by atoms with Gasteiger partial charge in [-0.25, -0.2) is 0 Å². The number of ether oxygens (including phenoxy) is 1. The lowest BCUT2D eigenvalue weighted by molar-refractivity contribution is -0.118. The van der Waals surface area contributed by atoms with Crippen LogP contribution in [0.5, 0.6) is 5.75 Å². The van der Waals surface area contributed by atoms with Crippen LogP contribution >= 0.6 is 15.9 Å². The zero-order chi connectivity index (χ0) is 15.1. The Balaban J connectivity index is 1.92. The first-order valence-electron chi connectivity index (χ1n) is 6.65. The van der Waals surface area contributed by atoms with Crippen LogP contribution in [-0.2, 0) is 11.2 Å². The fourth-order valence-corrected chi connectivity index (χ4v) is 2.31. The van der Waals surface area contributed by atoms with Gasteiger partial charge >= 0.3 is 0 Å². The van der Waals surface area contributed by atoms with Crippen LogP contribution in [0.1, 0.15) is 5.56 Å². The van der Waals surface area contributed by atoms with Crippen molar-refractivity contribution < 1.29 is 9.53 Å². The van der Waals surface area contributed by atoms with Gasteiger partial charge in [0.15, 0.2) is 6.61 Å². The van der Waals surface area contributed by atoms with Gasteiger partial charge in [0.1, 0.15) is 5.75 Å². The smallest absolute Gasteiger partial charge is 0.262 e. The van der Waals surface area contributed by atoms with Gasteiger partial charge in [-0.15, -0.1) is 0 Å². The molecule has 2 aromatic carbocycles. The molecule has 0 radical (unpaired) electrons. The van der Waals surface area contributed by atoms with Crippen LogP contribution in [0.25, 0.3) is 0 Å². The number of nitrogens with two attached hydrogens (primary N) is 1. The number of rotatable bonds is 6. The minimum Gasteiger partial charge on any atom is -0.483 e. The van der Waals surface area contributed by atoms with Crippen molar-refractivity contribution in [2.24, 2.45) is 5.73 Å². The molecule has 5 heteroatoms. The molecule has 0 aromatic heterocycles. The van der Waals surface area contributed by atoms with Crippen molar-refractivity contribution in [3.8, 4) is 5.75 Å². The third-order valence-electron chi connectivity index (χ3n) is 2.85. The number of nitrogens with one attached hydrogen (secondary N) is 1. The molecule has 2 aromatic rings. The molecule has 0 aliphatic rings. The molecule has 0 saturated carbocycles. The standard InChI is InChI=1S/C16H17BrN2O2/c17-13-5-3-6-14(10-13)19-16(20)11-21-15-7-2-1-4-12(15)8-9-18/h1-7,10H,8-9,11,18H2,(H,19,20). The Morgan fingerprint density at radius 2 is 2.00 bits per heavy atom. The van der Waals surface area contributed by atoms with Gasteiger partial charge in [0, 0.05) is 10.2 Å². The maximum absolute atomic E-state index is 11.9. The van der Waals surface area contributed by atoms with E-state index in [2.05, 4.69) is 21.2 Å². The van der Waals surface area contributed by atoms with E-state index in [1.165, 1.54) is 0 Å². The van der Waals surface area contributed by atoms with E-state index in [0.717, 1.165) is 22.1 Å². The Morgan fingerprint density at radius 1 is 1.19 bits per heavy atom. The zero-order valence-corrected chi connectivity index (χ0v) is 13.1. The second kappa shape index (κ2) is 7.81. The Kier molecular flexibility index (Phi) is 5.78. The van der Waals surface area contributed by atoms with E-state index in [0.29, 0.717) is 12.3 Å². The Hall–Kier alpha value is -1.85. The summed E-state index contributed by atoms with van der Waals surface area (Å²) in [4.78, 5) is 11.9. The van der Waals surface area contributed by atoms with Crippen LogP contribution in [0.15, 0.2) is 53.0 Å². The average Bonchev–Trinajstić information content (AvgIpc) is 2.47. The molecule has 0 spiro atoms. The largest absolute Gasteiger partial charge is 0.483 e. The highest BCUT2D eigenvalue weighted by atomic mass is 79.9. The maximum Gasteiger partial charge on any atom is 0.262 e. The predicted octanol–water partition coefficient (Wildman–Crippen LogP) is 2.97. The zero-order valence-electron chi connectivity index (χ0n) is 11.5. The first kappa shape index (κ1) is 15.5. The van der Waals surface area contributed by atoms with Crippen molar-refractivity contribution in [1.29, 1.82) is 0 Å². The molecule has 0 bridgehead atoms. The second-order valence-electron chi connectivity index (χ2n) is 4.49. The Labute approximate surface area is 132 Å². The van der Waals surface area contributed by atoms with Crippen molar-refractivity contribution in [2.45, 2.75) is 6.42 Å². The van der Waals surface area contributed by atoms with Gasteiger partial charge in [0.05, 0.1) is 0 Å². The highest BCUT2D eigenvalue weighted by Gasteiger charge is 2.07. The van der Waals surface area contributed by atoms with Crippen molar-refractivity contribution in [3.05, 3.63) is 58.6 Å². The third kappa shape index (κ3) is 4.88. The number of benzene rings is 2. The molecule has 0 unspecified atom stereocenters. The third-order valence-corrected chi connectivity index (χ3v) is 3.35. The molecule has 3 N–H and O–H groups in total. The summed E-state index contributed by atoms with van der Waals surface area (Å²) in [6, 6.07) is 15.0. The first-order chi connectivity index (χ1) is 10.2. The van der Waals surface area contributed by atoms with E-state index >= 15 is 0 Å². The maximum atomic E-state index is 11.9. The first-order valence-corrected chi connectivity index (χ1v) is 7.44. The van der Waals surface area contributed by atoms with Crippen LogP contribution in [-0.4, -0.2) is 19.1 Å². The Bertz CT molecular complexity index is 617. The van der Waals surface area contributed by atoms with Gasteiger partial charge in [0.2, 0.25) is 0 Å². The minimum absolute atomic E-state index is 0.0336. The van der Waals surface area contributed by atoms with E-state index in [4.69, 9.17) is 10.5 Å². The van der Waals surface area contributed by atoms with Gasteiger partial charge < -0.3 is 15.8 Å². The van der Waals surface area contributed by atoms with E-state index in [-0.39, 0.29) is 12.5 Å². The molecule has 1 amide bonds. The SMILES string of the molecule is NCCc1ccccc1OCC(=O)Nc1cccc(Br)c1. The highest BCUT2D eigenvalue weighted by Crippen LogP contribution is 2.18. The monoisotopic (exact) mass is 348 g/mol. The molecular weight excluding hydrogens is 332 g/mol. The number of hydrogen-bond donors (Lipinski definition) is 2. The molecule has 2 rings (SSSR count). The molecule has 0 saturated heterocycles. The number of carbonyl (C=O) groups is 1. The second-order valence-corrected chi connectivity index (χ2v) is 5.41. The summed E-state index contributed by atoms with van der Waals surface area (Å²) in [5, 5.41) is 2.79. The Morgan fingerprint density at radius 3 is 2.76 bits per heavy atom. The highest BCUT2D eigenvalue weighted by molar-refractivity contribution is 9.10. The summed E-state index contributed by atoms with van der Waals surface area (Å²) in [6.45, 7) is 0.513. The van der Waals surface area contributed by atoms with Crippen LogP contribution in [0.4, 0.5) is 5.69 Å².